The predicted molar refractivity (Wildman–Crippen MR) is 125 cm³/mol. The smallest absolute Gasteiger partial charge is 0.241 e. The standard InChI is InChI=1S/C21H31N5O2.HI/c1-2-22-21(24-15-20(28)25-11-3-4-12-25)23-14-17-7-9-18(10-8-17)16-26-13-5-6-19(26)27;/h7-10H,2-6,11-16H2,1H3,(H2,22,23,24);1H. The molecule has 2 aliphatic rings. The van der Waals surface area contributed by atoms with E-state index in [1.807, 2.05) is 16.7 Å². The van der Waals surface area contributed by atoms with Gasteiger partial charge in [0.05, 0.1) is 13.1 Å². The van der Waals surface area contributed by atoms with Gasteiger partial charge in [-0.15, -0.1) is 24.0 Å². The number of amides is 2. The molecule has 0 radical (unpaired) electrons. The third-order valence-corrected chi connectivity index (χ3v) is 5.20. The van der Waals surface area contributed by atoms with Gasteiger partial charge in [-0.25, -0.2) is 4.99 Å². The molecule has 0 spiro atoms. The topological polar surface area (TPSA) is 77.0 Å². The zero-order valence-electron chi connectivity index (χ0n) is 17.2. The van der Waals surface area contributed by atoms with Crippen LogP contribution >= 0.6 is 24.0 Å². The second-order valence-electron chi connectivity index (χ2n) is 7.37. The maximum Gasteiger partial charge on any atom is 0.241 e. The van der Waals surface area contributed by atoms with Crippen LogP contribution in [0, 0.1) is 0 Å². The largest absolute Gasteiger partial charge is 0.357 e. The van der Waals surface area contributed by atoms with E-state index in [0.717, 1.165) is 56.6 Å². The summed E-state index contributed by atoms with van der Waals surface area (Å²) in [6.07, 6.45) is 3.84. The molecule has 2 amide bonds. The van der Waals surface area contributed by atoms with E-state index in [0.29, 0.717) is 25.5 Å². The van der Waals surface area contributed by atoms with Gasteiger partial charge >= 0.3 is 0 Å². The summed E-state index contributed by atoms with van der Waals surface area (Å²) in [5, 5.41) is 6.32. The van der Waals surface area contributed by atoms with Crippen LogP contribution < -0.4 is 10.6 Å². The number of carbonyl (C=O) groups is 2. The van der Waals surface area contributed by atoms with Gasteiger partial charge in [-0.1, -0.05) is 24.3 Å². The van der Waals surface area contributed by atoms with Crippen molar-refractivity contribution in [1.82, 2.24) is 20.4 Å². The van der Waals surface area contributed by atoms with Crippen molar-refractivity contribution in [2.75, 3.05) is 32.7 Å². The van der Waals surface area contributed by atoms with Crippen molar-refractivity contribution < 1.29 is 9.59 Å². The number of carbonyl (C=O) groups excluding carboxylic acids is 2. The molecule has 2 fully saturated rings. The third-order valence-electron chi connectivity index (χ3n) is 5.20. The second-order valence-corrected chi connectivity index (χ2v) is 7.37. The van der Waals surface area contributed by atoms with Crippen LogP contribution in [-0.4, -0.2) is 60.3 Å². The molecule has 0 saturated carbocycles. The number of nitrogens with zero attached hydrogens (tertiary/aromatic N) is 3. The number of rotatable bonds is 7. The highest BCUT2D eigenvalue weighted by Gasteiger charge is 2.20. The lowest BCUT2D eigenvalue weighted by atomic mass is 10.1. The molecule has 160 valence electrons. The summed E-state index contributed by atoms with van der Waals surface area (Å²) in [5.41, 5.74) is 2.24. The molecule has 0 bridgehead atoms. The molecule has 2 aliphatic heterocycles. The van der Waals surface area contributed by atoms with Crippen LogP contribution in [0.4, 0.5) is 0 Å². The first-order valence-electron chi connectivity index (χ1n) is 10.3. The molecule has 2 heterocycles. The molecule has 2 saturated heterocycles. The Balaban J connectivity index is 0.00000300. The van der Waals surface area contributed by atoms with Crippen molar-refractivity contribution in [3.05, 3.63) is 35.4 Å². The van der Waals surface area contributed by atoms with Crippen LogP contribution in [0.25, 0.3) is 0 Å². The normalized spacial score (nSPS) is 16.7. The van der Waals surface area contributed by atoms with Crippen molar-refractivity contribution in [2.24, 2.45) is 4.99 Å². The number of aliphatic imine (C=N–C) groups is 1. The van der Waals surface area contributed by atoms with Gasteiger partial charge in [-0.05, 0) is 37.3 Å². The quantitative estimate of drug-likeness (QED) is 0.333. The molecular weight excluding hydrogens is 481 g/mol. The van der Waals surface area contributed by atoms with Crippen LogP contribution in [0.15, 0.2) is 29.3 Å². The molecular formula is C21H32IN5O2. The maximum absolute atomic E-state index is 12.2. The van der Waals surface area contributed by atoms with E-state index >= 15 is 0 Å². The molecule has 0 aromatic heterocycles. The van der Waals surface area contributed by atoms with E-state index in [1.54, 1.807) is 0 Å². The molecule has 7 nitrogen and oxygen atoms in total. The van der Waals surface area contributed by atoms with Gasteiger partial charge < -0.3 is 20.4 Å². The Morgan fingerprint density at radius 2 is 1.72 bits per heavy atom. The highest BCUT2D eigenvalue weighted by molar-refractivity contribution is 14.0. The summed E-state index contributed by atoms with van der Waals surface area (Å²) in [4.78, 5) is 32.3. The lowest BCUT2D eigenvalue weighted by Gasteiger charge is -2.17. The molecule has 3 rings (SSSR count). The molecule has 2 N–H and O–H groups in total. The minimum atomic E-state index is 0. The van der Waals surface area contributed by atoms with E-state index in [2.05, 4.69) is 39.9 Å². The van der Waals surface area contributed by atoms with Crippen LogP contribution in [0.1, 0.15) is 43.7 Å². The summed E-state index contributed by atoms with van der Waals surface area (Å²) in [7, 11) is 0. The third kappa shape index (κ3) is 7.17. The van der Waals surface area contributed by atoms with Gasteiger partial charge in [0.2, 0.25) is 11.8 Å². The number of likely N-dealkylation sites (tertiary alicyclic amines) is 2. The van der Waals surface area contributed by atoms with Gasteiger partial charge in [-0.3, -0.25) is 9.59 Å². The highest BCUT2D eigenvalue weighted by atomic mass is 127. The van der Waals surface area contributed by atoms with Gasteiger partial charge in [0.1, 0.15) is 0 Å². The number of hydrogen-bond donors (Lipinski definition) is 2. The Bertz CT molecular complexity index is 702. The van der Waals surface area contributed by atoms with Gasteiger partial charge in [0.15, 0.2) is 5.96 Å². The molecule has 0 unspecified atom stereocenters. The average molecular weight is 513 g/mol. The number of benzene rings is 1. The minimum Gasteiger partial charge on any atom is -0.357 e. The molecule has 29 heavy (non-hydrogen) atoms. The van der Waals surface area contributed by atoms with Crippen molar-refractivity contribution in [3.63, 3.8) is 0 Å². The lowest BCUT2D eigenvalue weighted by molar-refractivity contribution is -0.129. The number of hydrogen-bond acceptors (Lipinski definition) is 3. The van der Waals surface area contributed by atoms with Crippen LogP contribution in [-0.2, 0) is 22.7 Å². The molecule has 0 aliphatic carbocycles. The van der Waals surface area contributed by atoms with Crippen molar-refractivity contribution in [2.45, 2.75) is 45.7 Å². The zero-order chi connectivity index (χ0) is 19.8. The van der Waals surface area contributed by atoms with Crippen LogP contribution in [0.2, 0.25) is 0 Å². The second kappa shape index (κ2) is 12.0. The minimum absolute atomic E-state index is 0. The monoisotopic (exact) mass is 513 g/mol. The first-order chi connectivity index (χ1) is 13.7. The van der Waals surface area contributed by atoms with E-state index in [-0.39, 0.29) is 42.3 Å². The van der Waals surface area contributed by atoms with E-state index in [4.69, 9.17) is 0 Å². The van der Waals surface area contributed by atoms with E-state index in [9.17, 15) is 9.59 Å². The molecule has 8 heteroatoms. The lowest BCUT2D eigenvalue weighted by Crippen LogP contribution is -2.44. The number of halogens is 1. The molecule has 1 aromatic carbocycles. The Morgan fingerprint density at radius 3 is 2.34 bits per heavy atom. The van der Waals surface area contributed by atoms with E-state index < -0.39 is 0 Å². The Kier molecular flexibility index (Phi) is 9.69. The molecule has 0 atom stereocenters. The number of guanidine groups is 1. The first kappa shape index (κ1) is 23.4. The van der Waals surface area contributed by atoms with Gasteiger partial charge in [0.25, 0.3) is 0 Å². The van der Waals surface area contributed by atoms with Crippen LogP contribution in [0.5, 0.6) is 0 Å². The Hall–Kier alpha value is -1.84. The summed E-state index contributed by atoms with van der Waals surface area (Å²) < 4.78 is 0. The van der Waals surface area contributed by atoms with Crippen molar-refractivity contribution in [3.8, 4) is 0 Å². The fourth-order valence-electron chi connectivity index (χ4n) is 3.59. The fraction of sp³-hybridized carbons (Fsp3) is 0.571. The SMILES string of the molecule is CCNC(=NCc1ccc(CN2CCCC2=O)cc1)NCC(=O)N1CCCC1.I. The van der Waals surface area contributed by atoms with Crippen molar-refractivity contribution >= 4 is 41.8 Å². The summed E-state index contributed by atoms with van der Waals surface area (Å²) in [6, 6.07) is 8.23. The summed E-state index contributed by atoms with van der Waals surface area (Å²) >= 11 is 0. The predicted octanol–water partition coefficient (Wildman–Crippen LogP) is 2.10. The average Bonchev–Trinajstić information content (AvgIpc) is 3.37. The van der Waals surface area contributed by atoms with Crippen molar-refractivity contribution in [1.29, 1.82) is 0 Å². The zero-order valence-corrected chi connectivity index (χ0v) is 19.5. The summed E-state index contributed by atoms with van der Waals surface area (Å²) in [6.45, 7) is 6.84. The Labute approximate surface area is 190 Å². The fourth-order valence-corrected chi connectivity index (χ4v) is 3.59. The highest BCUT2D eigenvalue weighted by Crippen LogP contribution is 2.15. The van der Waals surface area contributed by atoms with E-state index in [1.165, 1.54) is 0 Å². The Morgan fingerprint density at radius 1 is 1.03 bits per heavy atom. The first-order valence-corrected chi connectivity index (χ1v) is 10.3. The maximum atomic E-state index is 12.2. The molecule has 1 aromatic rings. The van der Waals surface area contributed by atoms with Gasteiger partial charge in [0, 0.05) is 39.1 Å². The summed E-state index contributed by atoms with van der Waals surface area (Å²) in [5.74, 6) is 1.03. The van der Waals surface area contributed by atoms with Crippen LogP contribution in [0.3, 0.4) is 0 Å². The van der Waals surface area contributed by atoms with Gasteiger partial charge in [-0.2, -0.15) is 0 Å². The number of nitrogens with one attached hydrogen (secondary N) is 2.